The summed E-state index contributed by atoms with van der Waals surface area (Å²) in [4.78, 5) is 30.5. The molecule has 1 saturated heterocycles. The van der Waals surface area contributed by atoms with Gasteiger partial charge in [-0.3, -0.25) is 14.5 Å². The topological polar surface area (TPSA) is 79.3 Å². The van der Waals surface area contributed by atoms with Crippen LogP contribution in [0, 0.1) is 18.6 Å². The Morgan fingerprint density at radius 1 is 1.38 bits per heavy atom. The van der Waals surface area contributed by atoms with Crippen LogP contribution in [0.3, 0.4) is 0 Å². The zero-order valence-corrected chi connectivity index (χ0v) is 16.3. The van der Waals surface area contributed by atoms with E-state index in [4.69, 9.17) is 0 Å². The molecule has 9 heteroatoms. The largest absolute Gasteiger partial charge is 0.356 e. The molecule has 0 unspecified atom stereocenters. The Balaban J connectivity index is 1.53. The molecule has 0 aliphatic carbocycles. The second-order valence-electron chi connectivity index (χ2n) is 7.07. The molecule has 3 rings (SSSR count). The van der Waals surface area contributed by atoms with Crippen LogP contribution in [-0.4, -0.2) is 51.9 Å². The van der Waals surface area contributed by atoms with Gasteiger partial charge in [0.2, 0.25) is 11.8 Å². The summed E-state index contributed by atoms with van der Waals surface area (Å²) in [6.45, 7) is 4.05. The molecule has 2 N–H and O–H groups in total. The maximum atomic E-state index is 14.0. The number of carbonyl (C=O) groups excluding carboxylic acids is 2. The number of hydrogen-bond donors (Lipinski definition) is 2. The van der Waals surface area contributed by atoms with E-state index in [-0.39, 0.29) is 30.3 Å². The number of benzene rings is 1. The van der Waals surface area contributed by atoms with Crippen LogP contribution in [-0.2, 0) is 22.7 Å². The molecule has 0 radical (unpaired) electrons. The van der Waals surface area contributed by atoms with Gasteiger partial charge in [-0.15, -0.1) is 0 Å². The van der Waals surface area contributed by atoms with Crippen molar-refractivity contribution >= 4 is 11.8 Å². The van der Waals surface area contributed by atoms with Crippen LogP contribution in [0.4, 0.5) is 8.78 Å². The smallest absolute Gasteiger partial charge is 0.237 e. The maximum Gasteiger partial charge on any atom is 0.237 e. The molecule has 1 fully saturated rings. The van der Waals surface area contributed by atoms with Crippen molar-refractivity contribution in [2.45, 2.75) is 38.9 Å². The standard InChI is InChI=1S/C20H25F2N5O2/c1-14-23-7-10-26(14)9-3-6-24-18(28)12-17-20(29)25-8-11-27(17)13-15-4-2-5-16(21)19(15)22/h2,4-5,7,10,17H,3,6,8-9,11-13H2,1H3,(H,24,28)(H,25,29)/t17-/m1/s1. The zero-order valence-electron chi connectivity index (χ0n) is 16.3. The third-order valence-electron chi connectivity index (χ3n) is 5.05. The van der Waals surface area contributed by atoms with E-state index in [0.717, 1.165) is 24.9 Å². The number of nitrogens with one attached hydrogen (secondary N) is 2. The fraction of sp³-hybridized carbons (Fsp3) is 0.450. The minimum absolute atomic E-state index is 0.0348. The number of piperazine rings is 1. The van der Waals surface area contributed by atoms with E-state index in [1.54, 1.807) is 11.1 Å². The van der Waals surface area contributed by atoms with Gasteiger partial charge in [0.15, 0.2) is 11.6 Å². The number of halogens is 2. The number of rotatable bonds is 8. The maximum absolute atomic E-state index is 14.0. The van der Waals surface area contributed by atoms with Gasteiger partial charge >= 0.3 is 0 Å². The average Bonchev–Trinajstić information content (AvgIpc) is 3.10. The summed E-state index contributed by atoms with van der Waals surface area (Å²) in [6, 6.07) is 3.25. The Hall–Kier alpha value is -2.81. The van der Waals surface area contributed by atoms with Crippen molar-refractivity contribution in [1.82, 2.24) is 25.1 Å². The SMILES string of the molecule is Cc1nccn1CCCNC(=O)C[C@@H]1C(=O)NCCN1Cc1cccc(F)c1F. The molecule has 1 aliphatic heterocycles. The first-order chi connectivity index (χ1) is 14.0. The van der Waals surface area contributed by atoms with Gasteiger partial charge in [-0.25, -0.2) is 13.8 Å². The monoisotopic (exact) mass is 405 g/mol. The van der Waals surface area contributed by atoms with Crippen LogP contribution < -0.4 is 10.6 Å². The Morgan fingerprint density at radius 2 is 2.21 bits per heavy atom. The lowest BCUT2D eigenvalue weighted by molar-refractivity contribution is -0.134. The molecular formula is C20H25F2N5O2. The van der Waals surface area contributed by atoms with Crippen molar-refractivity contribution in [1.29, 1.82) is 0 Å². The van der Waals surface area contributed by atoms with Gasteiger partial charge in [-0.05, 0) is 19.4 Å². The van der Waals surface area contributed by atoms with Crippen molar-refractivity contribution in [2.75, 3.05) is 19.6 Å². The molecule has 1 aromatic heterocycles. The predicted octanol–water partition coefficient (Wildman–Crippen LogP) is 1.37. The molecule has 0 bridgehead atoms. The number of aromatic nitrogens is 2. The predicted molar refractivity (Wildman–Crippen MR) is 103 cm³/mol. The minimum Gasteiger partial charge on any atom is -0.356 e. The molecule has 29 heavy (non-hydrogen) atoms. The van der Waals surface area contributed by atoms with Crippen LogP contribution in [0.2, 0.25) is 0 Å². The van der Waals surface area contributed by atoms with E-state index in [2.05, 4.69) is 15.6 Å². The second kappa shape index (κ2) is 9.60. The van der Waals surface area contributed by atoms with Gasteiger partial charge in [0.1, 0.15) is 5.82 Å². The Morgan fingerprint density at radius 3 is 2.97 bits per heavy atom. The lowest BCUT2D eigenvalue weighted by atomic mass is 10.1. The summed E-state index contributed by atoms with van der Waals surface area (Å²) in [5.41, 5.74) is 0.167. The Labute approximate surface area is 168 Å². The van der Waals surface area contributed by atoms with Gasteiger partial charge in [-0.1, -0.05) is 12.1 Å². The highest BCUT2D eigenvalue weighted by Gasteiger charge is 2.32. The molecule has 1 aliphatic rings. The van der Waals surface area contributed by atoms with Crippen LogP contribution in [0.5, 0.6) is 0 Å². The van der Waals surface area contributed by atoms with Crippen LogP contribution in [0.1, 0.15) is 24.2 Å². The highest BCUT2D eigenvalue weighted by atomic mass is 19.2. The third-order valence-corrected chi connectivity index (χ3v) is 5.05. The summed E-state index contributed by atoms with van der Waals surface area (Å²) in [6.07, 6.45) is 4.31. The lowest BCUT2D eigenvalue weighted by Gasteiger charge is -2.34. The number of imidazole rings is 1. The van der Waals surface area contributed by atoms with Crippen molar-refractivity contribution in [3.05, 3.63) is 53.6 Å². The first-order valence-corrected chi connectivity index (χ1v) is 9.65. The lowest BCUT2D eigenvalue weighted by Crippen LogP contribution is -2.56. The van der Waals surface area contributed by atoms with E-state index in [0.29, 0.717) is 19.6 Å². The van der Waals surface area contributed by atoms with Crippen molar-refractivity contribution in [3.63, 3.8) is 0 Å². The number of hydrogen-bond acceptors (Lipinski definition) is 4. The van der Waals surface area contributed by atoms with Crippen molar-refractivity contribution in [2.24, 2.45) is 0 Å². The molecule has 156 valence electrons. The Kier molecular flexibility index (Phi) is 6.92. The molecule has 2 aromatic rings. The number of nitrogens with zero attached hydrogens (tertiary/aromatic N) is 3. The molecule has 1 atom stereocenters. The second-order valence-corrected chi connectivity index (χ2v) is 7.07. The Bertz CT molecular complexity index is 870. The fourth-order valence-corrected chi connectivity index (χ4v) is 3.43. The molecule has 1 aromatic carbocycles. The third kappa shape index (κ3) is 5.38. The van der Waals surface area contributed by atoms with Crippen LogP contribution in [0.15, 0.2) is 30.6 Å². The molecule has 2 heterocycles. The summed E-state index contributed by atoms with van der Waals surface area (Å²) in [5.74, 6) is -1.46. The van der Waals surface area contributed by atoms with Gasteiger partial charge in [0, 0.05) is 50.7 Å². The quantitative estimate of drug-likeness (QED) is 0.650. The van der Waals surface area contributed by atoms with E-state index in [1.807, 2.05) is 17.7 Å². The normalized spacial score (nSPS) is 17.2. The summed E-state index contributed by atoms with van der Waals surface area (Å²) < 4.78 is 29.5. The van der Waals surface area contributed by atoms with Gasteiger partial charge < -0.3 is 15.2 Å². The zero-order chi connectivity index (χ0) is 20.8. The summed E-state index contributed by atoms with van der Waals surface area (Å²) in [5, 5.41) is 5.56. The van der Waals surface area contributed by atoms with E-state index < -0.39 is 17.7 Å². The van der Waals surface area contributed by atoms with Gasteiger partial charge in [-0.2, -0.15) is 0 Å². The molecule has 0 saturated carbocycles. The number of carbonyl (C=O) groups is 2. The van der Waals surface area contributed by atoms with E-state index in [1.165, 1.54) is 12.1 Å². The minimum atomic E-state index is -0.925. The van der Waals surface area contributed by atoms with E-state index in [9.17, 15) is 18.4 Å². The number of aryl methyl sites for hydroxylation is 2. The summed E-state index contributed by atoms with van der Waals surface area (Å²) in [7, 11) is 0. The van der Waals surface area contributed by atoms with Crippen molar-refractivity contribution < 1.29 is 18.4 Å². The van der Waals surface area contributed by atoms with Crippen LogP contribution >= 0.6 is 0 Å². The number of amides is 2. The first-order valence-electron chi connectivity index (χ1n) is 9.65. The highest BCUT2D eigenvalue weighted by molar-refractivity contribution is 5.88. The van der Waals surface area contributed by atoms with E-state index >= 15 is 0 Å². The molecule has 7 nitrogen and oxygen atoms in total. The summed E-state index contributed by atoms with van der Waals surface area (Å²) >= 11 is 0. The van der Waals surface area contributed by atoms with Crippen molar-refractivity contribution in [3.8, 4) is 0 Å². The highest BCUT2D eigenvalue weighted by Crippen LogP contribution is 2.18. The average molecular weight is 405 g/mol. The fourth-order valence-electron chi connectivity index (χ4n) is 3.43. The molecule has 0 spiro atoms. The first kappa shape index (κ1) is 20.9. The van der Waals surface area contributed by atoms with Gasteiger partial charge in [0.05, 0.1) is 12.5 Å². The van der Waals surface area contributed by atoms with Crippen LogP contribution in [0.25, 0.3) is 0 Å². The molecule has 2 amide bonds. The molecular weight excluding hydrogens is 380 g/mol. The van der Waals surface area contributed by atoms with Gasteiger partial charge in [0.25, 0.3) is 0 Å².